The minimum atomic E-state index is -0.624. The lowest BCUT2D eigenvalue weighted by Crippen LogP contribution is -2.35. The molecule has 2 N–H and O–H groups in total. The summed E-state index contributed by atoms with van der Waals surface area (Å²) in [7, 11) is 0. The summed E-state index contributed by atoms with van der Waals surface area (Å²) in [6.45, 7) is 9.80. The Morgan fingerprint density at radius 2 is 1.55 bits per heavy atom. The maximum atomic E-state index is 12.1. The molecular formula is C24H30N2O5. The van der Waals surface area contributed by atoms with Gasteiger partial charge < -0.3 is 20.1 Å². The Labute approximate surface area is 183 Å². The molecule has 2 rings (SSSR count). The second-order valence-electron chi connectivity index (χ2n) is 7.90. The van der Waals surface area contributed by atoms with E-state index >= 15 is 0 Å². The van der Waals surface area contributed by atoms with Crippen LogP contribution in [0.2, 0.25) is 0 Å². The molecule has 0 radical (unpaired) electrons. The highest BCUT2D eigenvalue weighted by molar-refractivity contribution is 5.96. The number of ether oxygens (including phenoxy) is 2. The quantitative estimate of drug-likeness (QED) is 0.598. The number of esters is 1. The zero-order valence-electron chi connectivity index (χ0n) is 18.7. The normalized spacial score (nSPS) is 10.5. The highest BCUT2D eigenvalue weighted by Gasteiger charge is 2.13. The van der Waals surface area contributed by atoms with Crippen LogP contribution in [0.4, 0.5) is 5.69 Å². The van der Waals surface area contributed by atoms with Gasteiger partial charge in [-0.2, -0.15) is 0 Å². The van der Waals surface area contributed by atoms with Crippen molar-refractivity contribution in [2.75, 3.05) is 25.1 Å². The van der Waals surface area contributed by atoms with Crippen LogP contribution in [0.5, 0.6) is 5.75 Å². The molecule has 0 aromatic heterocycles. The highest BCUT2D eigenvalue weighted by atomic mass is 16.5. The summed E-state index contributed by atoms with van der Waals surface area (Å²) in [4.78, 5) is 36.2. The van der Waals surface area contributed by atoms with E-state index in [4.69, 9.17) is 9.47 Å². The van der Waals surface area contributed by atoms with Crippen molar-refractivity contribution in [2.45, 2.75) is 34.6 Å². The number of benzene rings is 2. The summed E-state index contributed by atoms with van der Waals surface area (Å²) in [5.74, 6) is -0.478. The van der Waals surface area contributed by atoms with Gasteiger partial charge in [0.1, 0.15) is 5.75 Å². The van der Waals surface area contributed by atoms with E-state index in [9.17, 15) is 14.4 Å². The average molecular weight is 427 g/mol. The van der Waals surface area contributed by atoms with Gasteiger partial charge in [0.2, 0.25) is 5.91 Å². The second-order valence-corrected chi connectivity index (χ2v) is 7.90. The molecule has 0 heterocycles. The zero-order chi connectivity index (χ0) is 23.0. The van der Waals surface area contributed by atoms with Crippen LogP contribution in [0.3, 0.4) is 0 Å². The van der Waals surface area contributed by atoms with E-state index in [-0.39, 0.29) is 12.5 Å². The first kappa shape index (κ1) is 23.9. The first-order chi connectivity index (χ1) is 14.7. The number of rotatable bonds is 9. The second kappa shape index (κ2) is 11.2. The van der Waals surface area contributed by atoms with Crippen molar-refractivity contribution < 1.29 is 23.9 Å². The van der Waals surface area contributed by atoms with Crippen LogP contribution in [0, 0.1) is 26.7 Å². The summed E-state index contributed by atoms with van der Waals surface area (Å²) in [5.41, 5.74) is 4.06. The van der Waals surface area contributed by atoms with E-state index in [1.54, 1.807) is 24.3 Å². The number of aryl methyl sites for hydroxylation is 3. The first-order valence-corrected chi connectivity index (χ1v) is 10.2. The molecule has 0 bridgehead atoms. The number of amides is 2. The molecule has 0 atom stereocenters. The molecule has 31 heavy (non-hydrogen) atoms. The van der Waals surface area contributed by atoms with Gasteiger partial charge in [-0.3, -0.25) is 9.59 Å². The van der Waals surface area contributed by atoms with Crippen molar-refractivity contribution in [3.63, 3.8) is 0 Å². The van der Waals surface area contributed by atoms with Gasteiger partial charge in [-0.05, 0) is 62.1 Å². The van der Waals surface area contributed by atoms with E-state index < -0.39 is 18.5 Å². The fourth-order valence-corrected chi connectivity index (χ4v) is 2.96. The zero-order valence-corrected chi connectivity index (χ0v) is 18.7. The average Bonchev–Trinajstić information content (AvgIpc) is 2.71. The first-order valence-electron chi connectivity index (χ1n) is 10.2. The molecule has 0 saturated carbocycles. The molecule has 2 aromatic rings. The molecule has 0 spiro atoms. The van der Waals surface area contributed by atoms with Crippen molar-refractivity contribution >= 4 is 23.5 Å². The Kier molecular flexibility index (Phi) is 8.61. The molecule has 0 fully saturated rings. The predicted octanol–water partition coefficient (Wildman–Crippen LogP) is 3.56. The van der Waals surface area contributed by atoms with E-state index in [1.807, 2.05) is 46.8 Å². The number of nitrogens with one attached hydrogen (secondary N) is 2. The van der Waals surface area contributed by atoms with E-state index in [0.29, 0.717) is 23.8 Å². The van der Waals surface area contributed by atoms with Crippen LogP contribution in [-0.2, 0) is 14.3 Å². The van der Waals surface area contributed by atoms with Crippen molar-refractivity contribution in [1.82, 2.24) is 5.32 Å². The molecule has 0 aliphatic heterocycles. The van der Waals surface area contributed by atoms with Crippen LogP contribution in [0.25, 0.3) is 0 Å². The van der Waals surface area contributed by atoms with Crippen LogP contribution in [-0.4, -0.2) is 37.5 Å². The van der Waals surface area contributed by atoms with E-state index in [0.717, 1.165) is 22.4 Å². The largest absolute Gasteiger partial charge is 0.493 e. The van der Waals surface area contributed by atoms with E-state index in [1.165, 1.54) is 0 Å². The fraction of sp³-hybridized carbons (Fsp3) is 0.375. The summed E-state index contributed by atoms with van der Waals surface area (Å²) in [6.07, 6.45) is 0. The van der Waals surface area contributed by atoms with Crippen molar-refractivity contribution in [1.29, 1.82) is 0 Å². The monoisotopic (exact) mass is 426 g/mol. The minimum absolute atomic E-state index is 0.217. The van der Waals surface area contributed by atoms with Gasteiger partial charge in [0.05, 0.1) is 18.7 Å². The lowest BCUT2D eigenvalue weighted by molar-refractivity contribution is -0.126. The molecule has 0 unspecified atom stereocenters. The maximum Gasteiger partial charge on any atom is 0.338 e. The Morgan fingerprint density at radius 3 is 2.13 bits per heavy atom. The van der Waals surface area contributed by atoms with Crippen molar-refractivity contribution in [3.05, 3.63) is 58.7 Å². The summed E-state index contributed by atoms with van der Waals surface area (Å²) in [5, 5.41) is 5.25. The molecular weight excluding hydrogens is 396 g/mol. The third-order valence-corrected chi connectivity index (χ3v) is 4.40. The molecule has 0 aliphatic carbocycles. The highest BCUT2D eigenvalue weighted by Crippen LogP contribution is 2.21. The molecule has 0 aliphatic rings. The summed E-state index contributed by atoms with van der Waals surface area (Å²) < 4.78 is 10.6. The number of anilines is 1. The predicted molar refractivity (Wildman–Crippen MR) is 119 cm³/mol. The molecule has 7 heteroatoms. The van der Waals surface area contributed by atoms with Crippen LogP contribution in [0.15, 0.2) is 36.4 Å². The molecule has 2 aromatic carbocycles. The van der Waals surface area contributed by atoms with E-state index in [2.05, 4.69) is 10.6 Å². The molecule has 0 saturated heterocycles. The van der Waals surface area contributed by atoms with Crippen molar-refractivity contribution in [3.8, 4) is 5.75 Å². The number of hydrogen-bond donors (Lipinski definition) is 2. The van der Waals surface area contributed by atoms with Gasteiger partial charge in [0.15, 0.2) is 6.61 Å². The topological polar surface area (TPSA) is 93.7 Å². The third-order valence-electron chi connectivity index (χ3n) is 4.40. The van der Waals surface area contributed by atoms with Crippen LogP contribution in [0.1, 0.15) is 40.9 Å². The number of carbonyl (C=O) groups excluding carboxylic acids is 3. The van der Waals surface area contributed by atoms with Gasteiger partial charge in [0, 0.05) is 5.69 Å². The van der Waals surface area contributed by atoms with Gasteiger partial charge in [-0.1, -0.05) is 31.5 Å². The van der Waals surface area contributed by atoms with Gasteiger partial charge in [-0.15, -0.1) is 0 Å². The smallest absolute Gasteiger partial charge is 0.338 e. The van der Waals surface area contributed by atoms with Gasteiger partial charge in [0.25, 0.3) is 5.91 Å². The molecule has 166 valence electrons. The summed E-state index contributed by atoms with van der Waals surface area (Å²) >= 11 is 0. The lowest BCUT2D eigenvalue weighted by Gasteiger charge is -2.13. The van der Waals surface area contributed by atoms with Crippen LogP contribution >= 0.6 is 0 Å². The number of hydrogen-bond acceptors (Lipinski definition) is 5. The van der Waals surface area contributed by atoms with Gasteiger partial charge in [-0.25, -0.2) is 4.79 Å². The third kappa shape index (κ3) is 7.77. The maximum absolute atomic E-state index is 12.1. The standard InChI is InChI=1S/C24H30N2O5/c1-15(2)13-30-20-8-6-19(7-9-20)24(29)31-14-22(28)25-12-21(27)26-23-17(4)10-16(3)11-18(23)5/h6-11,15H,12-14H2,1-5H3,(H,25,28)(H,26,27). The Morgan fingerprint density at radius 1 is 0.935 bits per heavy atom. The Balaban J connectivity index is 1.76. The summed E-state index contributed by atoms with van der Waals surface area (Å²) in [6, 6.07) is 10.5. The fourth-order valence-electron chi connectivity index (χ4n) is 2.96. The van der Waals surface area contributed by atoms with Crippen molar-refractivity contribution in [2.24, 2.45) is 5.92 Å². The minimum Gasteiger partial charge on any atom is -0.493 e. The van der Waals surface area contributed by atoms with Gasteiger partial charge >= 0.3 is 5.97 Å². The lowest BCUT2D eigenvalue weighted by atomic mass is 10.1. The van der Waals surface area contributed by atoms with Crippen LogP contribution < -0.4 is 15.4 Å². The molecule has 7 nitrogen and oxygen atoms in total. The molecule has 2 amide bonds. The SMILES string of the molecule is Cc1cc(C)c(NC(=O)CNC(=O)COC(=O)c2ccc(OCC(C)C)cc2)c(C)c1. The number of carbonyl (C=O) groups is 3. The Hall–Kier alpha value is -3.35. The Bertz CT molecular complexity index is 912.